The van der Waals surface area contributed by atoms with Crippen LogP contribution in [0, 0.1) is 0 Å². The van der Waals surface area contributed by atoms with E-state index in [2.05, 4.69) is 10.1 Å². The normalized spacial score (nSPS) is 23.6. The van der Waals surface area contributed by atoms with Gasteiger partial charge in [-0.2, -0.15) is 0 Å². The van der Waals surface area contributed by atoms with Gasteiger partial charge >= 0.3 is 5.84 Å². The van der Waals surface area contributed by atoms with Gasteiger partial charge in [-0.3, -0.25) is 0 Å². The molecule has 0 radical (unpaired) electrons. The highest BCUT2D eigenvalue weighted by Gasteiger charge is 2.31. The molecule has 3 heteroatoms. The molecule has 0 aromatic heterocycles. The molecule has 1 aliphatic heterocycles. The van der Waals surface area contributed by atoms with E-state index in [-0.39, 0.29) is 5.66 Å². The van der Waals surface area contributed by atoms with Crippen LogP contribution in [0.2, 0.25) is 0 Å². The summed E-state index contributed by atoms with van der Waals surface area (Å²) in [5.41, 5.74) is -0.223. The lowest BCUT2D eigenvalue weighted by Gasteiger charge is -1.95. The maximum atomic E-state index is 4.28. The van der Waals surface area contributed by atoms with Crippen LogP contribution in [0.3, 0.4) is 0 Å². The Labute approximate surface area is 55.1 Å². The Morgan fingerprint density at radius 1 is 1.44 bits per heavy atom. The number of aliphatic imine (C=N–C) groups is 1. The van der Waals surface area contributed by atoms with E-state index in [0.717, 1.165) is 5.84 Å². The number of rotatable bonds is 0. The van der Waals surface area contributed by atoms with Crippen LogP contribution in [-0.2, 0) is 0 Å². The molecule has 0 bridgehead atoms. The predicted octanol–water partition coefficient (Wildman–Crippen LogP) is 1.25. The van der Waals surface area contributed by atoms with Gasteiger partial charge < -0.3 is 0 Å². The third-order valence-electron chi connectivity index (χ3n) is 1.30. The molecule has 0 spiro atoms. The van der Waals surface area contributed by atoms with Gasteiger partial charge in [-0.25, -0.2) is 0 Å². The van der Waals surface area contributed by atoms with E-state index >= 15 is 0 Å². The summed E-state index contributed by atoms with van der Waals surface area (Å²) in [4.78, 5) is 4.28. The highest BCUT2D eigenvalue weighted by molar-refractivity contribution is 5.71. The number of amidine groups is 1. The molecule has 50 valence electrons. The predicted molar refractivity (Wildman–Crippen MR) is 35.8 cm³/mol. The Hall–Kier alpha value is -0.730. The average Bonchev–Trinajstić information content (AvgIpc) is 1.79. The Kier molecular flexibility index (Phi) is 1.15. The lowest BCUT2D eigenvalue weighted by Crippen LogP contribution is -2.08. The molecular weight excluding hydrogens is 114 g/mol. The summed E-state index contributed by atoms with van der Waals surface area (Å²) in [6.07, 6.45) is 0. The van der Waals surface area contributed by atoms with Crippen LogP contribution in [0.4, 0.5) is 0 Å². The Morgan fingerprint density at radius 2 is 2.00 bits per heavy atom. The molecule has 1 aliphatic rings. The Bertz CT molecular complexity index is 168. The van der Waals surface area contributed by atoms with Gasteiger partial charge in [-0.1, -0.05) is 10.1 Å². The highest BCUT2D eigenvalue weighted by Crippen LogP contribution is 2.16. The van der Waals surface area contributed by atoms with E-state index in [1.54, 1.807) is 4.70 Å². The Balaban J connectivity index is 2.96. The lowest BCUT2D eigenvalue weighted by molar-refractivity contribution is -0.449. The topological polar surface area (TPSA) is 27.7 Å². The number of hydrogen-bond donors (Lipinski definition) is 0. The minimum atomic E-state index is -0.223. The van der Waals surface area contributed by atoms with Crippen molar-refractivity contribution in [2.45, 2.75) is 26.4 Å². The maximum absolute atomic E-state index is 4.28. The monoisotopic (exact) mass is 126 g/mol. The van der Waals surface area contributed by atoms with Gasteiger partial charge in [-0.15, -0.1) is 4.70 Å². The van der Waals surface area contributed by atoms with Crippen molar-refractivity contribution < 1.29 is 4.70 Å². The van der Waals surface area contributed by atoms with Crippen molar-refractivity contribution in [3.8, 4) is 0 Å². The van der Waals surface area contributed by atoms with E-state index in [9.17, 15) is 0 Å². The summed E-state index contributed by atoms with van der Waals surface area (Å²) < 4.78 is 1.81. The quantitative estimate of drug-likeness (QED) is 0.437. The summed E-state index contributed by atoms with van der Waals surface area (Å²) in [6.45, 7) is 5.93. The van der Waals surface area contributed by atoms with Gasteiger partial charge in [0.15, 0.2) is 0 Å². The number of nitrogens with zero attached hydrogens (tertiary/aromatic N) is 3. The smallest absolute Gasteiger partial charge is 0.138 e. The molecule has 0 unspecified atom stereocenters. The molecule has 0 aromatic carbocycles. The molecular formula is C6H12N3+. The third kappa shape index (κ3) is 1.15. The fraction of sp³-hybridized carbons (Fsp3) is 0.833. The lowest BCUT2D eigenvalue weighted by atomic mass is 10.3. The molecule has 9 heavy (non-hydrogen) atoms. The molecule has 0 aromatic rings. The first-order valence-corrected chi connectivity index (χ1v) is 3.04. The van der Waals surface area contributed by atoms with Crippen molar-refractivity contribution >= 4 is 5.84 Å². The largest absolute Gasteiger partial charge is 0.312 e. The van der Waals surface area contributed by atoms with Crippen LogP contribution in [0.15, 0.2) is 10.1 Å². The summed E-state index contributed by atoms with van der Waals surface area (Å²) >= 11 is 0. The van der Waals surface area contributed by atoms with Gasteiger partial charge in [0, 0.05) is 20.8 Å². The first kappa shape index (κ1) is 6.39. The molecule has 0 saturated heterocycles. The second-order valence-electron chi connectivity index (χ2n) is 2.78. The van der Waals surface area contributed by atoms with Crippen molar-refractivity contribution in [1.29, 1.82) is 0 Å². The molecule has 0 aliphatic carbocycles. The zero-order valence-corrected chi connectivity index (χ0v) is 6.34. The molecule has 0 amide bonds. The first-order valence-electron chi connectivity index (χ1n) is 3.04. The summed E-state index contributed by atoms with van der Waals surface area (Å²) in [5.74, 6) is 0.986. The van der Waals surface area contributed by atoms with Crippen molar-refractivity contribution in [2.75, 3.05) is 7.05 Å². The van der Waals surface area contributed by atoms with Crippen LogP contribution >= 0.6 is 0 Å². The first-order chi connectivity index (χ1) is 4.01. The van der Waals surface area contributed by atoms with Gasteiger partial charge in [0.25, 0.3) is 5.66 Å². The fourth-order valence-corrected chi connectivity index (χ4v) is 0.930. The van der Waals surface area contributed by atoms with Gasteiger partial charge in [0.05, 0.1) is 0 Å². The zero-order valence-electron chi connectivity index (χ0n) is 6.34. The molecule has 1 rings (SSSR count). The van der Waals surface area contributed by atoms with Crippen molar-refractivity contribution in [2.24, 2.45) is 10.1 Å². The summed E-state index contributed by atoms with van der Waals surface area (Å²) in [6, 6.07) is 0. The van der Waals surface area contributed by atoms with E-state index in [4.69, 9.17) is 0 Å². The van der Waals surface area contributed by atoms with E-state index in [1.807, 2.05) is 27.8 Å². The summed E-state index contributed by atoms with van der Waals surface area (Å²) in [5, 5.41) is 4.23. The maximum Gasteiger partial charge on any atom is 0.312 e. The zero-order chi connectivity index (χ0) is 7.07. The number of hydrogen-bond acceptors (Lipinski definition) is 2. The van der Waals surface area contributed by atoms with E-state index in [0.29, 0.717) is 0 Å². The second kappa shape index (κ2) is 1.62. The van der Waals surface area contributed by atoms with E-state index < -0.39 is 0 Å². The van der Waals surface area contributed by atoms with Gasteiger partial charge in [-0.05, 0) is 0 Å². The van der Waals surface area contributed by atoms with Gasteiger partial charge in [0.2, 0.25) is 0 Å². The average molecular weight is 126 g/mol. The highest BCUT2D eigenvalue weighted by atomic mass is 15.4. The molecule has 0 atom stereocenters. The molecule has 0 fully saturated rings. The minimum absolute atomic E-state index is 0.223. The second-order valence-corrected chi connectivity index (χ2v) is 2.78. The standard InChI is InChI=1S/C6H12N3/c1-5-7-6(2,3)8-9(5)4/h1-4H3/q+1. The third-order valence-corrected chi connectivity index (χ3v) is 1.30. The van der Waals surface area contributed by atoms with Crippen molar-refractivity contribution in [3.05, 3.63) is 0 Å². The fourth-order valence-electron chi connectivity index (χ4n) is 0.930. The van der Waals surface area contributed by atoms with Crippen LogP contribution in [0.5, 0.6) is 0 Å². The van der Waals surface area contributed by atoms with Crippen LogP contribution < -0.4 is 0 Å². The summed E-state index contributed by atoms with van der Waals surface area (Å²) in [7, 11) is 1.91. The molecule has 3 nitrogen and oxygen atoms in total. The molecule has 0 saturated carbocycles. The van der Waals surface area contributed by atoms with E-state index in [1.165, 1.54) is 0 Å². The molecule has 0 N–H and O–H groups in total. The molecule has 1 heterocycles. The van der Waals surface area contributed by atoms with Crippen LogP contribution in [-0.4, -0.2) is 23.2 Å². The van der Waals surface area contributed by atoms with Crippen LogP contribution in [0.25, 0.3) is 0 Å². The van der Waals surface area contributed by atoms with Crippen molar-refractivity contribution in [1.82, 2.24) is 0 Å². The Morgan fingerprint density at radius 3 is 2.11 bits per heavy atom. The van der Waals surface area contributed by atoms with Crippen LogP contribution in [0.1, 0.15) is 20.8 Å². The minimum Gasteiger partial charge on any atom is -0.138 e. The SMILES string of the molecule is CC1=NC(C)(C)N=[N+]1C. The number of azo groups is 2. The van der Waals surface area contributed by atoms with Gasteiger partial charge in [0.1, 0.15) is 7.05 Å². The van der Waals surface area contributed by atoms with Crippen molar-refractivity contribution in [3.63, 3.8) is 0 Å².